The predicted molar refractivity (Wildman–Crippen MR) is 116 cm³/mol. The van der Waals surface area contributed by atoms with Gasteiger partial charge in [0.05, 0.1) is 11.9 Å². The standard InChI is InChI=1S/C22H27N7O2/c1-14-12-25-29(3)20(14)16-8-9-18(23-13-16)26-22(31)19(15-6-4-5-7-15)27-21(30)17-10-11-24-28(17)2/h8-13,15,19H,4-7H2,1-3H3,(H,27,30)(H,23,26,31)/t19-/m0/s1. The third kappa shape index (κ3) is 4.35. The molecule has 31 heavy (non-hydrogen) atoms. The second-order valence-corrected chi connectivity index (χ2v) is 8.06. The quantitative estimate of drug-likeness (QED) is 0.636. The van der Waals surface area contributed by atoms with Crippen LogP contribution in [0.1, 0.15) is 41.7 Å². The molecule has 0 radical (unpaired) electrons. The highest BCUT2D eigenvalue weighted by Gasteiger charge is 2.33. The fraction of sp³-hybridized carbons (Fsp3) is 0.409. The monoisotopic (exact) mass is 421 g/mol. The molecule has 9 heteroatoms. The molecule has 162 valence electrons. The van der Waals surface area contributed by atoms with Gasteiger partial charge in [0.1, 0.15) is 17.6 Å². The average Bonchev–Trinajstić information content (AvgIpc) is 3.49. The predicted octanol–water partition coefficient (Wildman–Crippen LogP) is 2.45. The molecule has 0 unspecified atom stereocenters. The first-order valence-corrected chi connectivity index (χ1v) is 10.5. The topological polar surface area (TPSA) is 107 Å². The van der Waals surface area contributed by atoms with Crippen molar-refractivity contribution in [3.63, 3.8) is 0 Å². The van der Waals surface area contributed by atoms with Gasteiger partial charge < -0.3 is 10.6 Å². The molecule has 0 spiro atoms. The van der Waals surface area contributed by atoms with Gasteiger partial charge in [0.25, 0.3) is 5.91 Å². The highest BCUT2D eigenvalue weighted by molar-refractivity contribution is 6.00. The fourth-order valence-corrected chi connectivity index (χ4v) is 4.27. The maximum absolute atomic E-state index is 13.1. The number of rotatable bonds is 6. The summed E-state index contributed by atoms with van der Waals surface area (Å²) in [5.74, 6) is 0.00122. The average molecular weight is 422 g/mol. The molecule has 1 aliphatic carbocycles. The van der Waals surface area contributed by atoms with E-state index in [4.69, 9.17) is 0 Å². The number of carbonyl (C=O) groups excluding carboxylic acids is 2. The number of nitrogens with one attached hydrogen (secondary N) is 2. The number of aryl methyl sites for hydroxylation is 3. The highest BCUT2D eigenvalue weighted by Crippen LogP contribution is 2.29. The van der Waals surface area contributed by atoms with Gasteiger partial charge >= 0.3 is 0 Å². The van der Waals surface area contributed by atoms with E-state index < -0.39 is 6.04 Å². The second kappa shape index (κ2) is 8.71. The minimum Gasteiger partial charge on any atom is -0.339 e. The molecule has 1 atom stereocenters. The van der Waals surface area contributed by atoms with E-state index in [-0.39, 0.29) is 17.7 Å². The summed E-state index contributed by atoms with van der Waals surface area (Å²) in [5.41, 5.74) is 3.38. The second-order valence-electron chi connectivity index (χ2n) is 8.06. The van der Waals surface area contributed by atoms with Gasteiger partial charge in [-0.05, 0) is 49.4 Å². The summed E-state index contributed by atoms with van der Waals surface area (Å²) in [4.78, 5) is 30.2. The first-order chi connectivity index (χ1) is 14.9. The number of nitrogens with zero attached hydrogens (tertiary/aromatic N) is 5. The third-order valence-corrected chi connectivity index (χ3v) is 5.90. The van der Waals surface area contributed by atoms with Gasteiger partial charge in [-0.2, -0.15) is 10.2 Å². The zero-order chi connectivity index (χ0) is 22.0. The number of aromatic nitrogens is 5. The van der Waals surface area contributed by atoms with E-state index in [0.717, 1.165) is 42.5 Å². The summed E-state index contributed by atoms with van der Waals surface area (Å²) in [6.07, 6.45) is 9.04. The molecule has 3 aromatic rings. The van der Waals surface area contributed by atoms with Gasteiger partial charge in [-0.3, -0.25) is 19.0 Å². The van der Waals surface area contributed by atoms with Crippen molar-refractivity contribution in [3.8, 4) is 11.3 Å². The van der Waals surface area contributed by atoms with Crippen molar-refractivity contribution >= 4 is 17.6 Å². The van der Waals surface area contributed by atoms with E-state index in [9.17, 15) is 9.59 Å². The van der Waals surface area contributed by atoms with Crippen molar-refractivity contribution in [2.24, 2.45) is 20.0 Å². The van der Waals surface area contributed by atoms with Crippen LogP contribution in [0.4, 0.5) is 5.82 Å². The fourth-order valence-electron chi connectivity index (χ4n) is 4.27. The van der Waals surface area contributed by atoms with Gasteiger partial charge in [0.2, 0.25) is 5.91 Å². The summed E-state index contributed by atoms with van der Waals surface area (Å²) >= 11 is 0. The van der Waals surface area contributed by atoms with E-state index in [2.05, 4.69) is 25.8 Å². The van der Waals surface area contributed by atoms with Crippen molar-refractivity contribution < 1.29 is 9.59 Å². The molecule has 0 aromatic carbocycles. The van der Waals surface area contributed by atoms with E-state index >= 15 is 0 Å². The molecular formula is C22H27N7O2. The number of carbonyl (C=O) groups is 2. The maximum atomic E-state index is 13.1. The maximum Gasteiger partial charge on any atom is 0.270 e. The molecule has 3 heterocycles. The molecule has 3 aromatic heterocycles. The summed E-state index contributed by atoms with van der Waals surface area (Å²) in [5, 5.41) is 14.1. The van der Waals surface area contributed by atoms with Crippen LogP contribution < -0.4 is 10.6 Å². The Hall–Kier alpha value is -3.49. The number of anilines is 1. The smallest absolute Gasteiger partial charge is 0.270 e. The van der Waals surface area contributed by atoms with Crippen molar-refractivity contribution in [2.45, 2.75) is 38.6 Å². The lowest BCUT2D eigenvalue weighted by Gasteiger charge is -2.23. The van der Waals surface area contributed by atoms with Crippen molar-refractivity contribution in [1.29, 1.82) is 0 Å². The molecule has 1 aliphatic rings. The highest BCUT2D eigenvalue weighted by atomic mass is 16.2. The normalized spacial score (nSPS) is 15.1. The van der Waals surface area contributed by atoms with Crippen LogP contribution in [0.15, 0.2) is 36.8 Å². The van der Waals surface area contributed by atoms with E-state index in [1.54, 1.807) is 36.3 Å². The van der Waals surface area contributed by atoms with E-state index in [0.29, 0.717) is 11.5 Å². The summed E-state index contributed by atoms with van der Waals surface area (Å²) in [6.45, 7) is 2.00. The van der Waals surface area contributed by atoms with Crippen LogP contribution in [0.2, 0.25) is 0 Å². The number of hydrogen-bond acceptors (Lipinski definition) is 5. The lowest BCUT2D eigenvalue weighted by atomic mass is 9.97. The van der Waals surface area contributed by atoms with Crippen LogP contribution >= 0.6 is 0 Å². The Bertz CT molecular complexity index is 1060. The van der Waals surface area contributed by atoms with Crippen molar-refractivity contribution in [2.75, 3.05) is 5.32 Å². The Morgan fingerprint density at radius 2 is 1.84 bits per heavy atom. The van der Waals surface area contributed by atoms with Gasteiger partial charge in [-0.15, -0.1) is 0 Å². The zero-order valence-electron chi connectivity index (χ0n) is 18.0. The molecule has 0 aliphatic heterocycles. The Kier molecular flexibility index (Phi) is 5.83. The lowest BCUT2D eigenvalue weighted by molar-refractivity contribution is -0.119. The minimum atomic E-state index is -0.620. The molecule has 1 fully saturated rings. The third-order valence-electron chi connectivity index (χ3n) is 5.90. The van der Waals surface area contributed by atoms with Crippen LogP contribution in [-0.4, -0.2) is 42.4 Å². The first-order valence-electron chi connectivity index (χ1n) is 10.5. The number of pyridine rings is 1. The van der Waals surface area contributed by atoms with Crippen LogP contribution in [-0.2, 0) is 18.9 Å². The lowest BCUT2D eigenvalue weighted by Crippen LogP contribution is -2.48. The van der Waals surface area contributed by atoms with Crippen molar-refractivity contribution in [3.05, 3.63) is 48.0 Å². The largest absolute Gasteiger partial charge is 0.339 e. The number of hydrogen-bond donors (Lipinski definition) is 2. The molecule has 2 N–H and O–H groups in total. The summed E-state index contributed by atoms with van der Waals surface area (Å²) in [7, 11) is 3.59. The minimum absolute atomic E-state index is 0.105. The molecule has 2 amide bonds. The van der Waals surface area contributed by atoms with Gasteiger partial charge in [0, 0.05) is 32.1 Å². The SMILES string of the molecule is Cc1cnn(C)c1-c1ccc(NC(=O)[C@@H](NC(=O)c2ccnn2C)C2CCCC2)nc1. The van der Waals surface area contributed by atoms with E-state index in [1.165, 1.54) is 4.68 Å². The van der Waals surface area contributed by atoms with Gasteiger partial charge in [-0.25, -0.2) is 4.98 Å². The van der Waals surface area contributed by atoms with Crippen molar-refractivity contribution in [1.82, 2.24) is 29.9 Å². The Labute approximate surface area is 180 Å². The summed E-state index contributed by atoms with van der Waals surface area (Å²) in [6, 6.07) is 4.70. The van der Waals surface area contributed by atoms with Crippen LogP contribution in [0.5, 0.6) is 0 Å². The zero-order valence-corrected chi connectivity index (χ0v) is 18.0. The van der Waals surface area contributed by atoms with Gasteiger partial charge in [0.15, 0.2) is 0 Å². The molecule has 9 nitrogen and oxygen atoms in total. The molecule has 0 saturated heterocycles. The van der Waals surface area contributed by atoms with Crippen LogP contribution in [0.25, 0.3) is 11.3 Å². The van der Waals surface area contributed by atoms with Crippen LogP contribution in [0.3, 0.4) is 0 Å². The van der Waals surface area contributed by atoms with Crippen LogP contribution in [0, 0.1) is 12.8 Å². The van der Waals surface area contributed by atoms with E-state index in [1.807, 2.05) is 26.2 Å². The first kappa shape index (κ1) is 20.8. The molecule has 0 bridgehead atoms. The Morgan fingerprint density at radius 1 is 1.06 bits per heavy atom. The molecular weight excluding hydrogens is 394 g/mol. The summed E-state index contributed by atoms with van der Waals surface area (Å²) < 4.78 is 3.30. The molecule has 1 saturated carbocycles. The Morgan fingerprint density at radius 3 is 2.42 bits per heavy atom. The molecule has 4 rings (SSSR count). The Balaban J connectivity index is 1.49. The number of amides is 2. The van der Waals surface area contributed by atoms with Gasteiger partial charge in [-0.1, -0.05) is 12.8 Å².